The van der Waals surface area contributed by atoms with E-state index in [0.717, 1.165) is 27.1 Å². The zero-order chi connectivity index (χ0) is 17.7. The maximum Gasteiger partial charge on any atom is 0.248 e. The SMILES string of the molecule is CC.Cc1nc(N)sc1-c1csc(Nc2cccc(C(N)=O)c2)n1. The number of rotatable bonds is 4. The molecular formula is C16H19N5OS2. The summed E-state index contributed by atoms with van der Waals surface area (Å²) in [5.41, 5.74) is 13.9. The highest BCUT2D eigenvalue weighted by molar-refractivity contribution is 7.19. The monoisotopic (exact) mass is 361 g/mol. The second-order valence-electron chi connectivity index (χ2n) is 4.57. The third-order valence-corrected chi connectivity index (χ3v) is 4.72. The van der Waals surface area contributed by atoms with E-state index >= 15 is 0 Å². The molecule has 0 radical (unpaired) electrons. The molecule has 6 nitrogen and oxygen atoms in total. The summed E-state index contributed by atoms with van der Waals surface area (Å²) in [5.74, 6) is -0.459. The summed E-state index contributed by atoms with van der Waals surface area (Å²) in [5, 5.41) is 6.37. The summed E-state index contributed by atoms with van der Waals surface area (Å²) in [4.78, 5) is 20.9. The number of anilines is 3. The summed E-state index contributed by atoms with van der Waals surface area (Å²) in [6.45, 7) is 5.91. The molecule has 0 saturated carbocycles. The number of aromatic nitrogens is 2. The van der Waals surface area contributed by atoms with Crippen LogP contribution in [0.2, 0.25) is 0 Å². The Bertz CT molecular complexity index is 841. The lowest BCUT2D eigenvalue weighted by atomic mass is 10.2. The summed E-state index contributed by atoms with van der Waals surface area (Å²) >= 11 is 2.89. The van der Waals surface area contributed by atoms with Crippen LogP contribution in [0.5, 0.6) is 0 Å². The molecule has 3 aromatic rings. The maximum atomic E-state index is 11.2. The normalized spacial score (nSPS) is 9.96. The zero-order valence-corrected chi connectivity index (χ0v) is 15.3. The number of carbonyl (C=O) groups is 1. The van der Waals surface area contributed by atoms with Crippen LogP contribution in [0, 0.1) is 6.92 Å². The van der Waals surface area contributed by atoms with Gasteiger partial charge in [0, 0.05) is 16.6 Å². The van der Waals surface area contributed by atoms with Crippen molar-refractivity contribution in [3.05, 3.63) is 40.9 Å². The van der Waals surface area contributed by atoms with E-state index in [0.29, 0.717) is 10.7 Å². The van der Waals surface area contributed by atoms with E-state index < -0.39 is 5.91 Å². The summed E-state index contributed by atoms with van der Waals surface area (Å²) in [6.07, 6.45) is 0. The van der Waals surface area contributed by atoms with Gasteiger partial charge in [0.15, 0.2) is 10.3 Å². The van der Waals surface area contributed by atoms with Gasteiger partial charge in [-0.05, 0) is 25.1 Å². The number of carbonyl (C=O) groups excluding carboxylic acids is 1. The van der Waals surface area contributed by atoms with E-state index in [-0.39, 0.29) is 0 Å². The number of thiazole rings is 2. The molecule has 0 bridgehead atoms. The molecule has 0 saturated heterocycles. The Morgan fingerprint density at radius 2 is 2.00 bits per heavy atom. The van der Waals surface area contributed by atoms with Crippen LogP contribution in [0.1, 0.15) is 29.9 Å². The van der Waals surface area contributed by atoms with E-state index in [1.807, 2.05) is 32.2 Å². The largest absolute Gasteiger partial charge is 0.375 e. The number of nitrogens with two attached hydrogens (primary N) is 2. The molecule has 0 spiro atoms. The predicted octanol–water partition coefficient (Wildman–Crippen LogP) is 4.03. The van der Waals surface area contributed by atoms with Gasteiger partial charge in [-0.1, -0.05) is 31.3 Å². The van der Waals surface area contributed by atoms with Crippen molar-refractivity contribution in [2.75, 3.05) is 11.1 Å². The van der Waals surface area contributed by atoms with Crippen molar-refractivity contribution < 1.29 is 4.79 Å². The van der Waals surface area contributed by atoms with Crippen LogP contribution >= 0.6 is 22.7 Å². The minimum atomic E-state index is -0.459. The molecule has 5 N–H and O–H groups in total. The molecule has 0 atom stereocenters. The molecular weight excluding hydrogens is 342 g/mol. The number of benzene rings is 1. The molecule has 0 aliphatic rings. The Hall–Kier alpha value is -2.45. The number of aryl methyl sites for hydroxylation is 1. The van der Waals surface area contributed by atoms with Crippen LogP contribution in [-0.2, 0) is 0 Å². The highest BCUT2D eigenvalue weighted by Crippen LogP contribution is 2.34. The predicted molar refractivity (Wildman–Crippen MR) is 102 cm³/mol. The van der Waals surface area contributed by atoms with Gasteiger partial charge in [-0.15, -0.1) is 11.3 Å². The second-order valence-corrected chi connectivity index (χ2v) is 6.46. The topological polar surface area (TPSA) is 107 Å². The van der Waals surface area contributed by atoms with Crippen molar-refractivity contribution in [1.29, 1.82) is 0 Å². The van der Waals surface area contributed by atoms with Gasteiger partial charge < -0.3 is 16.8 Å². The van der Waals surface area contributed by atoms with Crippen LogP contribution in [0.3, 0.4) is 0 Å². The first-order valence-electron chi connectivity index (χ1n) is 7.38. The summed E-state index contributed by atoms with van der Waals surface area (Å²) < 4.78 is 0. The molecule has 2 heterocycles. The van der Waals surface area contributed by atoms with Crippen LogP contribution in [0.25, 0.3) is 10.6 Å². The van der Waals surface area contributed by atoms with Gasteiger partial charge in [0.1, 0.15) is 0 Å². The Morgan fingerprint density at radius 3 is 2.62 bits per heavy atom. The molecule has 2 aromatic heterocycles. The van der Waals surface area contributed by atoms with Crippen LogP contribution in [-0.4, -0.2) is 15.9 Å². The zero-order valence-electron chi connectivity index (χ0n) is 13.7. The third kappa shape index (κ3) is 4.09. The van der Waals surface area contributed by atoms with Gasteiger partial charge >= 0.3 is 0 Å². The third-order valence-electron chi connectivity index (χ3n) is 2.95. The molecule has 3 rings (SSSR count). The maximum absolute atomic E-state index is 11.2. The molecule has 0 unspecified atom stereocenters. The van der Waals surface area contributed by atoms with Crippen molar-refractivity contribution in [2.24, 2.45) is 5.73 Å². The molecule has 1 amide bonds. The average molecular weight is 361 g/mol. The molecule has 1 aromatic carbocycles. The number of nitrogen functional groups attached to an aromatic ring is 1. The number of hydrogen-bond acceptors (Lipinski definition) is 7. The molecule has 0 aliphatic heterocycles. The molecule has 0 aliphatic carbocycles. The fourth-order valence-corrected chi connectivity index (χ4v) is 3.55. The van der Waals surface area contributed by atoms with Gasteiger partial charge in [0.25, 0.3) is 0 Å². The number of nitrogens with zero attached hydrogens (tertiary/aromatic N) is 2. The van der Waals surface area contributed by atoms with Crippen molar-refractivity contribution in [1.82, 2.24) is 9.97 Å². The minimum Gasteiger partial charge on any atom is -0.375 e. The van der Waals surface area contributed by atoms with Crippen molar-refractivity contribution in [2.45, 2.75) is 20.8 Å². The van der Waals surface area contributed by atoms with E-state index in [2.05, 4.69) is 15.3 Å². The van der Waals surface area contributed by atoms with E-state index in [1.54, 1.807) is 18.2 Å². The van der Waals surface area contributed by atoms with Crippen molar-refractivity contribution in [3.8, 4) is 10.6 Å². The molecule has 24 heavy (non-hydrogen) atoms. The Balaban J connectivity index is 0.00000100. The van der Waals surface area contributed by atoms with Gasteiger partial charge in [-0.3, -0.25) is 4.79 Å². The highest BCUT2D eigenvalue weighted by Gasteiger charge is 2.12. The number of nitrogens with one attached hydrogen (secondary N) is 1. The molecule has 8 heteroatoms. The second kappa shape index (κ2) is 7.89. The molecule has 126 valence electrons. The van der Waals surface area contributed by atoms with Gasteiger partial charge in [0.2, 0.25) is 5.91 Å². The van der Waals surface area contributed by atoms with Gasteiger partial charge in [-0.2, -0.15) is 0 Å². The molecule has 0 fully saturated rings. The van der Waals surface area contributed by atoms with Gasteiger partial charge in [-0.25, -0.2) is 9.97 Å². The minimum absolute atomic E-state index is 0.452. The lowest BCUT2D eigenvalue weighted by Crippen LogP contribution is -2.10. The van der Waals surface area contributed by atoms with Crippen LogP contribution < -0.4 is 16.8 Å². The standard InChI is InChI=1S/C14H13N5OS2.C2H6/c1-7-11(22-13(16)17-7)10-6-21-14(19-10)18-9-4-2-3-8(5-9)12(15)20;1-2/h2-6H,1H3,(H2,15,20)(H2,16,17)(H,18,19);1-2H3. The van der Waals surface area contributed by atoms with E-state index in [1.165, 1.54) is 22.7 Å². The first kappa shape index (κ1) is 17.9. The lowest BCUT2D eigenvalue weighted by molar-refractivity contribution is 0.100. The Kier molecular flexibility index (Phi) is 5.88. The van der Waals surface area contributed by atoms with E-state index in [4.69, 9.17) is 11.5 Å². The van der Waals surface area contributed by atoms with E-state index in [9.17, 15) is 4.79 Å². The Morgan fingerprint density at radius 1 is 1.25 bits per heavy atom. The number of primary amides is 1. The highest BCUT2D eigenvalue weighted by atomic mass is 32.1. The van der Waals surface area contributed by atoms with Crippen molar-refractivity contribution in [3.63, 3.8) is 0 Å². The van der Waals surface area contributed by atoms with Crippen molar-refractivity contribution >= 4 is 44.5 Å². The fourth-order valence-electron chi connectivity index (χ4n) is 1.96. The number of amides is 1. The summed E-state index contributed by atoms with van der Waals surface area (Å²) in [6, 6.07) is 6.98. The quantitative estimate of drug-likeness (QED) is 0.650. The van der Waals surface area contributed by atoms with Gasteiger partial charge in [0.05, 0.1) is 16.3 Å². The summed E-state index contributed by atoms with van der Waals surface area (Å²) in [7, 11) is 0. The lowest BCUT2D eigenvalue weighted by Gasteiger charge is -2.03. The Labute approximate surface area is 148 Å². The number of hydrogen-bond donors (Lipinski definition) is 3. The first-order chi connectivity index (χ1) is 11.5. The average Bonchev–Trinajstić information content (AvgIpc) is 3.15. The van der Waals surface area contributed by atoms with Crippen LogP contribution in [0.4, 0.5) is 16.0 Å². The fraction of sp³-hybridized carbons (Fsp3) is 0.188. The smallest absolute Gasteiger partial charge is 0.248 e. The van der Waals surface area contributed by atoms with Crippen LogP contribution in [0.15, 0.2) is 29.6 Å². The first-order valence-corrected chi connectivity index (χ1v) is 9.08.